The topological polar surface area (TPSA) is 78.4 Å². The van der Waals surface area contributed by atoms with Crippen LogP contribution in [0.15, 0.2) is 30.3 Å². The SMILES string of the molecule is COc1ccc(C2CNCC2(CO)Cc2cc(OC)c(OC)c(OC)c2)cc1OC. The fraction of sp³-hybridized carbons (Fsp3) is 0.478. The number of ether oxygens (including phenoxy) is 5. The molecule has 2 unspecified atom stereocenters. The average molecular weight is 418 g/mol. The molecule has 2 aromatic rings. The van der Waals surface area contributed by atoms with Crippen LogP contribution in [0.5, 0.6) is 28.7 Å². The summed E-state index contributed by atoms with van der Waals surface area (Å²) in [4.78, 5) is 0. The van der Waals surface area contributed by atoms with Gasteiger partial charge >= 0.3 is 0 Å². The smallest absolute Gasteiger partial charge is 0.203 e. The van der Waals surface area contributed by atoms with Crippen molar-refractivity contribution in [2.75, 3.05) is 55.2 Å². The predicted molar refractivity (Wildman–Crippen MR) is 114 cm³/mol. The first-order chi connectivity index (χ1) is 14.5. The molecule has 0 aliphatic carbocycles. The van der Waals surface area contributed by atoms with Crippen LogP contribution in [0.2, 0.25) is 0 Å². The highest BCUT2D eigenvalue weighted by atomic mass is 16.5. The van der Waals surface area contributed by atoms with Crippen molar-refractivity contribution in [1.82, 2.24) is 5.32 Å². The van der Waals surface area contributed by atoms with E-state index in [9.17, 15) is 5.11 Å². The summed E-state index contributed by atoms with van der Waals surface area (Å²) in [6.07, 6.45) is 0.645. The van der Waals surface area contributed by atoms with E-state index in [0.29, 0.717) is 41.7 Å². The fourth-order valence-corrected chi connectivity index (χ4v) is 4.40. The average Bonchev–Trinajstić information content (AvgIpc) is 3.21. The van der Waals surface area contributed by atoms with Crippen molar-refractivity contribution < 1.29 is 28.8 Å². The number of hydrogen-bond donors (Lipinski definition) is 2. The molecule has 0 amide bonds. The highest BCUT2D eigenvalue weighted by Crippen LogP contribution is 2.46. The van der Waals surface area contributed by atoms with Crippen molar-refractivity contribution in [2.45, 2.75) is 12.3 Å². The Balaban J connectivity index is 1.99. The van der Waals surface area contributed by atoms with E-state index in [1.54, 1.807) is 35.5 Å². The summed E-state index contributed by atoms with van der Waals surface area (Å²) in [5, 5.41) is 14.0. The van der Waals surface area contributed by atoms with Crippen LogP contribution in [0, 0.1) is 5.41 Å². The lowest BCUT2D eigenvalue weighted by Crippen LogP contribution is -2.35. The standard InChI is InChI=1S/C23H31NO6/c1-26-18-7-6-16(10-19(18)27-2)17-12-24-13-23(17,14-25)11-15-8-20(28-3)22(30-5)21(9-15)29-4/h6-10,17,24-25H,11-14H2,1-5H3. The number of benzene rings is 2. The van der Waals surface area contributed by atoms with E-state index in [-0.39, 0.29) is 17.9 Å². The molecule has 1 aliphatic heterocycles. The molecule has 0 aromatic heterocycles. The molecule has 2 atom stereocenters. The molecule has 1 fully saturated rings. The molecule has 164 valence electrons. The molecule has 3 rings (SSSR count). The molecule has 2 N–H and O–H groups in total. The van der Waals surface area contributed by atoms with Gasteiger partial charge in [-0.3, -0.25) is 0 Å². The summed E-state index contributed by atoms with van der Waals surface area (Å²) in [6.45, 7) is 1.50. The van der Waals surface area contributed by atoms with Crippen LogP contribution in [0.1, 0.15) is 17.0 Å². The molecule has 1 saturated heterocycles. The zero-order valence-corrected chi connectivity index (χ0v) is 18.3. The van der Waals surface area contributed by atoms with Crippen LogP contribution in [-0.4, -0.2) is 60.4 Å². The summed E-state index contributed by atoms with van der Waals surface area (Å²) in [6, 6.07) is 9.84. The molecule has 0 saturated carbocycles. The van der Waals surface area contributed by atoms with E-state index in [0.717, 1.165) is 17.7 Å². The van der Waals surface area contributed by atoms with Gasteiger partial charge < -0.3 is 34.1 Å². The second-order valence-electron chi connectivity index (χ2n) is 7.53. The molecule has 1 heterocycles. The molecule has 0 radical (unpaired) electrons. The normalized spacial score (nSPS) is 20.7. The molecule has 1 aliphatic rings. The Labute approximate surface area is 177 Å². The maximum absolute atomic E-state index is 10.5. The third-order valence-corrected chi connectivity index (χ3v) is 5.97. The van der Waals surface area contributed by atoms with Gasteiger partial charge in [-0.05, 0) is 41.8 Å². The largest absolute Gasteiger partial charge is 0.493 e. The molecule has 2 aromatic carbocycles. The van der Waals surface area contributed by atoms with Crippen LogP contribution in [0.3, 0.4) is 0 Å². The third kappa shape index (κ3) is 4.00. The van der Waals surface area contributed by atoms with Crippen molar-refractivity contribution in [3.63, 3.8) is 0 Å². The number of rotatable bonds is 9. The van der Waals surface area contributed by atoms with Gasteiger partial charge in [0.1, 0.15) is 0 Å². The van der Waals surface area contributed by atoms with Crippen molar-refractivity contribution in [3.05, 3.63) is 41.5 Å². The van der Waals surface area contributed by atoms with Gasteiger partial charge in [0.25, 0.3) is 0 Å². The first-order valence-electron chi connectivity index (χ1n) is 9.88. The molecular weight excluding hydrogens is 386 g/mol. The quantitative estimate of drug-likeness (QED) is 0.649. The summed E-state index contributed by atoms with van der Waals surface area (Å²) < 4.78 is 27.3. The Morgan fingerprint density at radius 1 is 0.867 bits per heavy atom. The van der Waals surface area contributed by atoms with Gasteiger partial charge in [0, 0.05) is 24.4 Å². The molecule has 7 nitrogen and oxygen atoms in total. The van der Waals surface area contributed by atoms with Crippen molar-refractivity contribution in [2.24, 2.45) is 5.41 Å². The lowest BCUT2D eigenvalue weighted by atomic mass is 9.71. The Bertz CT molecular complexity index is 846. The van der Waals surface area contributed by atoms with Crippen LogP contribution in [0.4, 0.5) is 0 Å². The fourth-order valence-electron chi connectivity index (χ4n) is 4.40. The van der Waals surface area contributed by atoms with Crippen LogP contribution in [0.25, 0.3) is 0 Å². The summed E-state index contributed by atoms with van der Waals surface area (Å²) in [5.74, 6) is 3.24. The minimum atomic E-state index is -0.385. The Morgan fingerprint density at radius 2 is 1.50 bits per heavy atom. The van der Waals surface area contributed by atoms with E-state index in [1.165, 1.54) is 0 Å². The number of nitrogens with one attached hydrogen (secondary N) is 1. The first kappa shape index (κ1) is 22.1. The van der Waals surface area contributed by atoms with Gasteiger partial charge in [0.15, 0.2) is 23.0 Å². The van der Waals surface area contributed by atoms with Gasteiger partial charge in [0.2, 0.25) is 5.75 Å². The van der Waals surface area contributed by atoms with Gasteiger partial charge in [-0.2, -0.15) is 0 Å². The van der Waals surface area contributed by atoms with Gasteiger partial charge in [-0.15, -0.1) is 0 Å². The second kappa shape index (κ2) is 9.45. The van der Waals surface area contributed by atoms with E-state index >= 15 is 0 Å². The van der Waals surface area contributed by atoms with E-state index in [2.05, 4.69) is 5.32 Å². The number of methoxy groups -OCH3 is 5. The zero-order chi connectivity index (χ0) is 21.7. The summed E-state index contributed by atoms with van der Waals surface area (Å²) in [7, 11) is 8.04. The van der Waals surface area contributed by atoms with E-state index in [1.807, 2.05) is 30.3 Å². The van der Waals surface area contributed by atoms with E-state index < -0.39 is 0 Å². The number of aliphatic hydroxyl groups excluding tert-OH is 1. The summed E-state index contributed by atoms with van der Waals surface area (Å²) >= 11 is 0. The highest BCUT2D eigenvalue weighted by molar-refractivity contribution is 5.54. The zero-order valence-electron chi connectivity index (χ0n) is 18.3. The van der Waals surface area contributed by atoms with Crippen LogP contribution in [-0.2, 0) is 6.42 Å². The molecular formula is C23H31NO6. The maximum atomic E-state index is 10.5. The van der Waals surface area contributed by atoms with Crippen molar-refractivity contribution >= 4 is 0 Å². The van der Waals surface area contributed by atoms with Crippen LogP contribution < -0.4 is 29.0 Å². The van der Waals surface area contributed by atoms with Gasteiger partial charge in [0.05, 0.1) is 42.2 Å². The molecule has 7 heteroatoms. The minimum absolute atomic E-state index is 0.0374. The Morgan fingerprint density at radius 3 is 2.03 bits per heavy atom. The van der Waals surface area contributed by atoms with Crippen LogP contribution >= 0.6 is 0 Å². The van der Waals surface area contributed by atoms with Gasteiger partial charge in [-0.25, -0.2) is 0 Å². The monoisotopic (exact) mass is 417 g/mol. The molecule has 30 heavy (non-hydrogen) atoms. The number of hydrogen-bond acceptors (Lipinski definition) is 7. The van der Waals surface area contributed by atoms with Crippen molar-refractivity contribution in [1.29, 1.82) is 0 Å². The Hall–Kier alpha value is -2.64. The van der Waals surface area contributed by atoms with E-state index in [4.69, 9.17) is 23.7 Å². The molecule has 0 spiro atoms. The lowest BCUT2D eigenvalue weighted by Gasteiger charge is -2.34. The predicted octanol–water partition coefficient (Wildman–Crippen LogP) is 2.64. The second-order valence-corrected chi connectivity index (χ2v) is 7.53. The Kier molecular flexibility index (Phi) is 6.95. The minimum Gasteiger partial charge on any atom is -0.493 e. The summed E-state index contributed by atoms with van der Waals surface area (Å²) in [5.41, 5.74) is 1.72. The first-order valence-corrected chi connectivity index (χ1v) is 9.88. The maximum Gasteiger partial charge on any atom is 0.203 e. The number of aliphatic hydroxyl groups is 1. The van der Waals surface area contributed by atoms with Crippen molar-refractivity contribution in [3.8, 4) is 28.7 Å². The van der Waals surface area contributed by atoms with Gasteiger partial charge in [-0.1, -0.05) is 6.07 Å². The molecule has 0 bridgehead atoms. The lowest BCUT2D eigenvalue weighted by molar-refractivity contribution is 0.126. The third-order valence-electron chi connectivity index (χ3n) is 5.97. The highest BCUT2D eigenvalue weighted by Gasteiger charge is 2.43.